The van der Waals surface area contributed by atoms with Gasteiger partial charge in [0.2, 0.25) is 0 Å². The van der Waals surface area contributed by atoms with Gasteiger partial charge in [-0.3, -0.25) is 4.98 Å². The lowest BCUT2D eigenvalue weighted by molar-refractivity contribution is 0.170. The maximum absolute atomic E-state index is 9.17. The van der Waals surface area contributed by atoms with Crippen molar-refractivity contribution in [3.63, 3.8) is 0 Å². The van der Waals surface area contributed by atoms with Gasteiger partial charge in [-0.05, 0) is 12.1 Å². The molecule has 2 N–H and O–H groups in total. The molecule has 17 heavy (non-hydrogen) atoms. The summed E-state index contributed by atoms with van der Waals surface area (Å²) >= 11 is 0. The zero-order valence-electron chi connectivity index (χ0n) is 10.1. The van der Waals surface area contributed by atoms with Crippen molar-refractivity contribution in [2.45, 2.75) is 13.8 Å². The topological polar surface area (TPSA) is 58.0 Å². The highest BCUT2D eigenvalue weighted by atomic mass is 16.3. The summed E-state index contributed by atoms with van der Waals surface area (Å²) in [5.41, 5.74) is 1.60. The van der Waals surface area contributed by atoms with Crippen LogP contribution in [0.15, 0.2) is 30.5 Å². The molecule has 0 aliphatic heterocycles. The minimum absolute atomic E-state index is 0.140. The third-order valence-corrected chi connectivity index (χ3v) is 2.62. The molecule has 0 unspecified atom stereocenters. The molecule has 0 spiro atoms. The average molecular weight is 231 g/mol. The Morgan fingerprint density at radius 1 is 1.24 bits per heavy atom. The summed E-state index contributed by atoms with van der Waals surface area (Å²) in [6.07, 6.45) is 1.72. The van der Waals surface area contributed by atoms with Gasteiger partial charge in [0.15, 0.2) is 0 Å². The van der Waals surface area contributed by atoms with Gasteiger partial charge >= 0.3 is 0 Å². The average Bonchev–Trinajstić information content (AvgIpc) is 2.36. The molecule has 0 atom stereocenters. The molecule has 1 aromatic carbocycles. The first-order chi connectivity index (χ1) is 8.11. The third kappa shape index (κ3) is 2.91. The van der Waals surface area contributed by atoms with Gasteiger partial charge in [0.1, 0.15) is 5.82 Å². The van der Waals surface area contributed by atoms with Gasteiger partial charge in [-0.2, -0.15) is 0 Å². The fourth-order valence-corrected chi connectivity index (χ4v) is 1.43. The van der Waals surface area contributed by atoms with Crippen molar-refractivity contribution in [1.29, 1.82) is 0 Å². The minimum atomic E-state index is -0.159. The van der Waals surface area contributed by atoms with E-state index in [1.165, 1.54) is 0 Å². The number of aliphatic hydroxyl groups is 1. The first-order valence-corrected chi connectivity index (χ1v) is 5.67. The molecule has 1 heterocycles. The van der Waals surface area contributed by atoms with Gasteiger partial charge in [0, 0.05) is 18.6 Å². The number of benzene rings is 1. The minimum Gasteiger partial charge on any atom is -0.396 e. The van der Waals surface area contributed by atoms with Crippen LogP contribution in [0.4, 0.5) is 5.82 Å². The lowest BCUT2D eigenvalue weighted by Gasteiger charge is -2.22. The first kappa shape index (κ1) is 11.8. The molecule has 0 radical (unpaired) electrons. The SMILES string of the molecule is CC(C)(CO)CNc1cnc2ccccc2n1. The van der Waals surface area contributed by atoms with Gasteiger partial charge in [-0.1, -0.05) is 26.0 Å². The van der Waals surface area contributed by atoms with Crippen LogP contribution in [0.2, 0.25) is 0 Å². The molecule has 2 aromatic rings. The molecule has 1 aromatic heterocycles. The Labute approximate surface area is 101 Å². The molecule has 2 rings (SSSR count). The summed E-state index contributed by atoms with van der Waals surface area (Å²) in [5, 5.41) is 12.4. The van der Waals surface area contributed by atoms with Crippen LogP contribution in [-0.4, -0.2) is 28.2 Å². The molecular formula is C13H17N3O. The number of fused-ring (bicyclic) bond motifs is 1. The highest BCUT2D eigenvalue weighted by Gasteiger charge is 2.16. The summed E-state index contributed by atoms with van der Waals surface area (Å²) in [6, 6.07) is 7.76. The largest absolute Gasteiger partial charge is 0.396 e. The molecule has 0 aliphatic carbocycles. The van der Waals surface area contributed by atoms with Crippen molar-refractivity contribution in [2.75, 3.05) is 18.5 Å². The lowest BCUT2D eigenvalue weighted by atomic mass is 9.95. The lowest BCUT2D eigenvalue weighted by Crippen LogP contribution is -2.27. The fraction of sp³-hybridized carbons (Fsp3) is 0.385. The monoisotopic (exact) mass is 231 g/mol. The van der Waals surface area contributed by atoms with Crippen molar-refractivity contribution in [3.8, 4) is 0 Å². The van der Waals surface area contributed by atoms with E-state index in [4.69, 9.17) is 5.11 Å². The van der Waals surface area contributed by atoms with E-state index in [1.54, 1.807) is 6.20 Å². The van der Waals surface area contributed by atoms with Gasteiger partial charge in [-0.15, -0.1) is 0 Å². The van der Waals surface area contributed by atoms with Crippen LogP contribution in [0.5, 0.6) is 0 Å². The molecule has 0 bridgehead atoms. The van der Waals surface area contributed by atoms with E-state index in [1.807, 2.05) is 38.1 Å². The van der Waals surface area contributed by atoms with Crippen LogP contribution in [0.1, 0.15) is 13.8 Å². The van der Waals surface area contributed by atoms with Crippen LogP contribution >= 0.6 is 0 Å². The number of aliphatic hydroxyl groups excluding tert-OH is 1. The number of nitrogens with zero attached hydrogens (tertiary/aromatic N) is 2. The molecule has 0 saturated carbocycles. The number of rotatable bonds is 4. The third-order valence-electron chi connectivity index (χ3n) is 2.62. The van der Waals surface area contributed by atoms with Gasteiger partial charge in [0.05, 0.1) is 17.2 Å². The van der Waals surface area contributed by atoms with Gasteiger partial charge in [0.25, 0.3) is 0 Å². The van der Waals surface area contributed by atoms with E-state index in [0.29, 0.717) is 6.54 Å². The van der Waals surface area contributed by atoms with E-state index < -0.39 is 0 Å². The highest BCUT2D eigenvalue weighted by molar-refractivity contribution is 5.75. The normalized spacial score (nSPS) is 11.7. The number of hydrogen-bond donors (Lipinski definition) is 2. The fourth-order valence-electron chi connectivity index (χ4n) is 1.43. The van der Waals surface area contributed by atoms with Crippen LogP contribution in [0, 0.1) is 5.41 Å². The number of anilines is 1. The summed E-state index contributed by atoms with van der Waals surface area (Å²) in [7, 11) is 0. The predicted octanol–water partition coefficient (Wildman–Crippen LogP) is 2.06. The molecule has 0 fully saturated rings. The maximum Gasteiger partial charge on any atom is 0.145 e. The van der Waals surface area contributed by atoms with Crippen LogP contribution in [0.3, 0.4) is 0 Å². The Bertz CT molecular complexity index is 511. The molecule has 90 valence electrons. The van der Waals surface area contributed by atoms with Crippen molar-refractivity contribution in [3.05, 3.63) is 30.5 Å². The van der Waals surface area contributed by atoms with Gasteiger partial charge < -0.3 is 10.4 Å². The number of aromatic nitrogens is 2. The molecule has 4 nitrogen and oxygen atoms in total. The van der Waals surface area contributed by atoms with Crippen molar-refractivity contribution in [2.24, 2.45) is 5.41 Å². The second kappa shape index (κ2) is 4.67. The van der Waals surface area contributed by atoms with E-state index in [2.05, 4.69) is 15.3 Å². The van der Waals surface area contributed by atoms with Crippen LogP contribution in [-0.2, 0) is 0 Å². The number of nitrogens with one attached hydrogen (secondary N) is 1. The number of para-hydroxylation sites is 2. The van der Waals surface area contributed by atoms with E-state index in [-0.39, 0.29) is 12.0 Å². The van der Waals surface area contributed by atoms with Crippen LogP contribution < -0.4 is 5.32 Å². The molecule has 0 amide bonds. The van der Waals surface area contributed by atoms with Crippen LogP contribution in [0.25, 0.3) is 11.0 Å². The molecule has 4 heteroatoms. The zero-order chi connectivity index (χ0) is 12.3. The van der Waals surface area contributed by atoms with E-state index in [0.717, 1.165) is 16.9 Å². The first-order valence-electron chi connectivity index (χ1n) is 5.67. The van der Waals surface area contributed by atoms with E-state index >= 15 is 0 Å². The van der Waals surface area contributed by atoms with Gasteiger partial charge in [-0.25, -0.2) is 4.98 Å². The van der Waals surface area contributed by atoms with Crippen molar-refractivity contribution in [1.82, 2.24) is 9.97 Å². The molecule has 0 saturated heterocycles. The Balaban J connectivity index is 2.14. The van der Waals surface area contributed by atoms with Crippen molar-refractivity contribution < 1.29 is 5.11 Å². The maximum atomic E-state index is 9.17. The van der Waals surface area contributed by atoms with E-state index in [9.17, 15) is 0 Å². The summed E-state index contributed by atoms with van der Waals surface area (Å²) in [6.45, 7) is 4.79. The Morgan fingerprint density at radius 3 is 2.65 bits per heavy atom. The smallest absolute Gasteiger partial charge is 0.145 e. The summed E-state index contributed by atoms with van der Waals surface area (Å²) in [5.74, 6) is 0.741. The summed E-state index contributed by atoms with van der Waals surface area (Å²) < 4.78 is 0. The van der Waals surface area contributed by atoms with Crippen molar-refractivity contribution >= 4 is 16.9 Å². The molecule has 0 aliphatic rings. The predicted molar refractivity (Wildman–Crippen MR) is 68.9 cm³/mol. The Hall–Kier alpha value is -1.68. The second-order valence-electron chi connectivity index (χ2n) is 4.92. The second-order valence-corrected chi connectivity index (χ2v) is 4.92. The highest BCUT2D eigenvalue weighted by Crippen LogP contribution is 2.16. The molecular weight excluding hydrogens is 214 g/mol. The Kier molecular flexibility index (Phi) is 3.24. The standard InChI is InChI=1S/C13H17N3O/c1-13(2,9-17)8-15-12-7-14-10-5-3-4-6-11(10)16-12/h3-7,17H,8-9H2,1-2H3,(H,15,16). The summed E-state index contributed by atoms with van der Waals surface area (Å²) in [4.78, 5) is 8.78. The number of hydrogen-bond acceptors (Lipinski definition) is 4. The Morgan fingerprint density at radius 2 is 1.94 bits per heavy atom. The zero-order valence-corrected chi connectivity index (χ0v) is 10.1. The quantitative estimate of drug-likeness (QED) is 0.845.